The smallest absolute Gasteiger partial charge is 0.248 e. The van der Waals surface area contributed by atoms with E-state index in [0.29, 0.717) is 43.7 Å². The van der Waals surface area contributed by atoms with Gasteiger partial charge in [-0.15, -0.1) is 0 Å². The van der Waals surface area contributed by atoms with Gasteiger partial charge in [0.05, 0.1) is 19.8 Å². The molecule has 0 unspecified atom stereocenters. The molecule has 0 aliphatic carbocycles. The molecule has 0 atom stereocenters. The molecule has 0 bridgehead atoms. The van der Waals surface area contributed by atoms with Crippen molar-refractivity contribution >= 4 is 17.5 Å². The third-order valence-electron chi connectivity index (χ3n) is 4.28. The van der Waals surface area contributed by atoms with Gasteiger partial charge in [-0.3, -0.25) is 4.79 Å². The van der Waals surface area contributed by atoms with E-state index in [1.165, 1.54) is 0 Å². The zero-order chi connectivity index (χ0) is 19.2. The van der Waals surface area contributed by atoms with Gasteiger partial charge in [-0.05, 0) is 35.4 Å². The number of amides is 1. The molecule has 1 aliphatic heterocycles. The lowest BCUT2D eigenvalue weighted by Gasteiger charge is -2.20. The highest BCUT2D eigenvalue weighted by Gasteiger charge is 2.23. The van der Waals surface area contributed by atoms with Gasteiger partial charge in [-0.1, -0.05) is 23.7 Å². The Morgan fingerprint density at radius 1 is 1.26 bits per heavy atom. The molecule has 0 radical (unpaired) electrons. The van der Waals surface area contributed by atoms with Crippen molar-refractivity contribution in [2.75, 3.05) is 40.1 Å². The Hall–Kier alpha value is -2.28. The van der Waals surface area contributed by atoms with Crippen LogP contribution in [0, 0.1) is 0 Å². The van der Waals surface area contributed by atoms with Crippen LogP contribution >= 0.6 is 11.6 Å². The van der Waals surface area contributed by atoms with Crippen molar-refractivity contribution in [2.24, 2.45) is 0 Å². The number of rotatable bonds is 6. The van der Waals surface area contributed by atoms with Crippen molar-refractivity contribution in [3.63, 3.8) is 0 Å². The minimum atomic E-state index is -0.129. The van der Waals surface area contributed by atoms with Crippen LogP contribution in [0.5, 0.6) is 11.5 Å². The number of phenolic OH excluding ortho intramolecular Hbond substituents is 1. The molecule has 144 valence electrons. The number of halogens is 1. The summed E-state index contributed by atoms with van der Waals surface area (Å²) in [5.41, 5.74) is 2.43. The van der Waals surface area contributed by atoms with Gasteiger partial charge in [-0.2, -0.15) is 0 Å². The van der Waals surface area contributed by atoms with Crippen LogP contribution in [0.15, 0.2) is 36.4 Å². The van der Waals surface area contributed by atoms with Crippen LogP contribution in [-0.2, 0) is 20.8 Å². The molecular weight excluding hydrogens is 370 g/mol. The third kappa shape index (κ3) is 4.91. The van der Waals surface area contributed by atoms with Crippen LogP contribution in [0.3, 0.4) is 0 Å². The number of benzene rings is 2. The predicted octanol–water partition coefficient (Wildman–Crippen LogP) is 3.10. The fourth-order valence-electron chi connectivity index (χ4n) is 2.94. The molecule has 0 saturated carbocycles. The second-order valence-corrected chi connectivity index (χ2v) is 6.64. The highest BCUT2D eigenvalue weighted by molar-refractivity contribution is 6.30. The molecule has 6 nitrogen and oxygen atoms in total. The molecule has 27 heavy (non-hydrogen) atoms. The summed E-state index contributed by atoms with van der Waals surface area (Å²) >= 11 is 6.08. The van der Waals surface area contributed by atoms with Crippen LogP contribution in [0.25, 0.3) is 11.1 Å². The van der Waals surface area contributed by atoms with E-state index in [2.05, 4.69) is 0 Å². The van der Waals surface area contributed by atoms with Gasteiger partial charge in [0.2, 0.25) is 5.91 Å². The Balaban J connectivity index is 1.80. The maximum atomic E-state index is 12.4. The van der Waals surface area contributed by atoms with Crippen LogP contribution in [0.2, 0.25) is 5.02 Å². The number of carbonyl (C=O) groups is 1. The molecule has 3 rings (SSSR count). The molecule has 0 saturated heterocycles. The fourth-order valence-corrected chi connectivity index (χ4v) is 3.13. The largest absolute Gasteiger partial charge is 0.504 e. The average Bonchev–Trinajstić information content (AvgIpc) is 2.88. The van der Waals surface area contributed by atoms with Gasteiger partial charge in [0.1, 0.15) is 13.2 Å². The van der Waals surface area contributed by atoms with Gasteiger partial charge in [0, 0.05) is 24.2 Å². The summed E-state index contributed by atoms with van der Waals surface area (Å²) in [7, 11) is 1.58. The third-order valence-corrected chi connectivity index (χ3v) is 4.52. The van der Waals surface area contributed by atoms with Crippen LogP contribution in [0.4, 0.5) is 0 Å². The van der Waals surface area contributed by atoms with Gasteiger partial charge >= 0.3 is 0 Å². The molecule has 0 aromatic heterocycles. The minimum Gasteiger partial charge on any atom is -0.504 e. The van der Waals surface area contributed by atoms with Crippen LogP contribution in [0.1, 0.15) is 5.56 Å². The first-order valence-corrected chi connectivity index (χ1v) is 9.05. The first-order valence-electron chi connectivity index (χ1n) is 8.67. The van der Waals surface area contributed by atoms with E-state index in [1.807, 2.05) is 24.3 Å². The molecule has 1 N–H and O–H groups in total. The maximum absolute atomic E-state index is 12.4. The second kappa shape index (κ2) is 9.08. The number of nitrogens with zero attached hydrogens (tertiary/aromatic N) is 1. The molecule has 2 aromatic rings. The van der Waals surface area contributed by atoms with E-state index in [9.17, 15) is 9.90 Å². The molecule has 7 heteroatoms. The summed E-state index contributed by atoms with van der Waals surface area (Å²) in [6, 6.07) is 10.9. The molecule has 0 fully saturated rings. The van der Waals surface area contributed by atoms with E-state index in [0.717, 1.165) is 16.7 Å². The summed E-state index contributed by atoms with van der Waals surface area (Å²) in [6.45, 7) is 1.86. The van der Waals surface area contributed by atoms with Crippen molar-refractivity contribution in [2.45, 2.75) is 6.54 Å². The van der Waals surface area contributed by atoms with E-state index in [4.69, 9.17) is 25.8 Å². The van der Waals surface area contributed by atoms with E-state index < -0.39 is 0 Å². The maximum Gasteiger partial charge on any atom is 0.248 e. The lowest BCUT2D eigenvalue weighted by molar-refractivity contribution is -0.137. The summed E-state index contributed by atoms with van der Waals surface area (Å²) in [5.74, 6) is 0.333. The summed E-state index contributed by atoms with van der Waals surface area (Å²) < 4.78 is 15.9. The SMILES string of the molecule is COCCOCC(=O)N1CCOc2c(O)cc(-c3cccc(Cl)c3)cc2C1. The number of fused-ring (bicyclic) bond motifs is 1. The molecule has 1 amide bonds. The van der Waals surface area contributed by atoms with Crippen LogP contribution < -0.4 is 4.74 Å². The number of phenols is 1. The number of ether oxygens (including phenoxy) is 3. The van der Waals surface area contributed by atoms with Crippen molar-refractivity contribution < 1.29 is 24.1 Å². The van der Waals surface area contributed by atoms with E-state index >= 15 is 0 Å². The first kappa shape index (κ1) is 19.5. The normalized spacial score (nSPS) is 13.6. The summed E-state index contributed by atoms with van der Waals surface area (Å²) in [5, 5.41) is 11.0. The average molecular weight is 392 g/mol. The Morgan fingerprint density at radius 3 is 2.89 bits per heavy atom. The summed E-state index contributed by atoms with van der Waals surface area (Å²) in [6.07, 6.45) is 0. The Morgan fingerprint density at radius 2 is 2.11 bits per heavy atom. The number of methoxy groups -OCH3 is 1. The molecule has 2 aromatic carbocycles. The van der Waals surface area contributed by atoms with Crippen molar-refractivity contribution in [3.8, 4) is 22.6 Å². The van der Waals surface area contributed by atoms with Gasteiger partial charge in [0.25, 0.3) is 0 Å². The zero-order valence-electron chi connectivity index (χ0n) is 15.1. The number of hydrogen-bond donors (Lipinski definition) is 1. The molecular formula is C20H22ClNO5. The number of carbonyl (C=O) groups excluding carboxylic acids is 1. The minimum absolute atomic E-state index is 0.0152. The molecule has 0 spiro atoms. The topological polar surface area (TPSA) is 68.2 Å². The first-order chi connectivity index (χ1) is 13.1. The second-order valence-electron chi connectivity index (χ2n) is 6.20. The monoisotopic (exact) mass is 391 g/mol. The quantitative estimate of drug-likeness (QED) is 0.766. The highest BCUT2D eigenvalue weighted by atomic mass is 35.5. The summed E-state index contributed by atoms with van der Waals surface area (Å²) in [4.78, 5) is 14.1. The van der Waals surface area contributed by atoms with Gasteiger partial charge in [-0.25, -0.2) is 0 Å². The van der Waals surface area contributed by atoms with E-state index in [-0.39, 0.29) is 18.3 Å². The number of aromatic hydroxyl groups is 1. The Labute approximate surface area is 163 Å². The molecule has 1 heterocycles. The standard InChI is InChI=1S/C20H22ClNO5/c1-25-7-8-26-13-19(24)22-5-6-27-20-16(12-22)9-15(11-18(20)23)14-3-2-4-17(21)10-14/h2-4,9-11,23H,5-8,12-13H2,1H3. The van der Waals surface area contributed by atoms with Crippen molar-refractivity contribution in [3.05, 3.63) is 47.0 Å². The van der Waals surface area contributed by atoms with Crippen LogP contribution in [-0.4, -0.2) is 56.0 Å². The lowest BCUT2D eigenvalue weighted by Crippen LogP contribution is -2.35. The molecule has 1 aliphatic rings. The van der Waals surface area contributed by atoms with Gasteiger partial charge in [0.15, 0.2) is 11.5 Å². The van der Waals surface area contributed by atoms with E-state index in [1.54, 1.807) is 24.1 Å². The lowest BCUT2D eigenvalue weighted by atomic mass is 10.0. The fraction of sp³-hybridized carbons (Fsp3) is 0.350. The van der Waals surface area contributed by atoms with Crippen molar-refractivity contribution in [1.29, 1.82) is 0 Å². The van der Waals surface area contributed by atoms with Gasteiger partial charge < -0.3 is 24.2 Å². The highest BCUT2D eigenvalue weighted by Crippen LogP contribution is 2.38. The Kier molecular flexibility index (Phi) is 6.55. The number of hydrogen-bond acceptors (Lipinski definition) is 5. The Bertz CT molecular complexity index is 811. The predicted molar refractivity (Wildman–Crippen MR) is 102 cm³/mol. The van der Waals surface area contributed by atoms with Crippen molar-refractivity contribution in [1.82, 2.24) is 4.90 Å². The zero-order valence-corrected chi connectivity index (χ0v) is 15.9.